The molecular formula is C16H19N5OS. The van der Waals surface area contributed by atoms with Crippen molar-refractivity contribution >= 4 is 40.8 Å². The topological polar surface area (TPSA) is 90.8 Å². The molecule has 23 heavy (non-hydrogen) atoms. The van der Waals surface area contributed by atoms with Gasteiger partial charge in [0.15, 0.2) is 0 Å². The predicted molar refractivity (Wildman–Crippen MR) is 94.7 cm³/mol. The molecule has 0 radical (unpaired) electrons. The van der Waals surface area contributed by atoms with Crippen LogP contribution in [0.15, 0.2) is 41.4 Å². The molecule has 0 bridgehead atoms. The van der Waals surface area contributed by atoms with Crippen molar-refractivity contribution in [1.82, 2.24) is 9.97 Å². The highest BCUT2D eigenvalue weighted by Crippen LogP contribution is 2.21. The fourth-order valence-electron chi connectivity index (χ4n) is 1.75. The Morgan fingerprint density at radius 2 is 2.13 bits per heavy atom. The minimum absolute atomic E-state index is 0.258. The molecule has 1 unspecified atom stereocenters. The average molecular weight is 329 g/mol. The van der Waals surface area contributed by atoms with Gasteiger partial charge in [-0.15, -0.1) is 11.8 Å². The van der Waals surface area contributed by atoms with Crippen molar-refractivity contribution in [1.29, 1.82) is 5.41 Å². The van der Waals surface area contributed by atoms with E-state index in [2.05, 4.69) is 20.6 Å². The SMILES string of the molecule is CSc1cccc(Nc2nccc(NC(=O)C(C)C(C)=N)n2)c1. The first kappa shape index (κ1) is 17.0. The highest BCUT2D eigenvalue weighted by Gasteiger charge is 2.15. The van der Waals surface area contributed by atoms with E-state index in [1.807, 2.05) is 30.5 Å². The number of anilines is 3. The van der Waals surface area contributed by atoms with E-state index in [0.717, 1.165) is 10.6 Å². The van der Waals surface area contributed by atoms with E-state index in [1.54, 1.807) is 37.9 Å². The summed E-state index contributed by atoms with van der Waals surface area (Å²) in [7, 11) is 0. The van der Waals surface area contributed by atoms with Crippen LogP contribution in [0.4, 0.5) is 17.5 Å². The van der Waals surface area contributed by atoms with E-state index in [0.29, 0.717) is 17.5 Å². The number of amides is 1. The minimum Gasteiger partial charge on any atom is -0.324 e. The highest BCUT2D eigenvalue weighted by atomic mass is 32.2. The van der Waals surface area contributed by atoms with Crippen molar-refractivity contribution in [2.45, 2.75) is 18.7 Å². The molecule has 3 N–H and O–H groups in total. The fourth-order valence-corrected chi connectivity index (χ4v) is 2.21. The van der Waals surface area contributed by atoms with Gasteiger partial charge in [0.1, 0.15) is 5.82 Å². The van der Waals surface area contributed by atoms with Gasteiger partial charge in [-0.3, -0.25) is 4.79 Å². The molecule has 0 aliphatic rings. The number of hydrogen-bond acceptors (Lipinski definition) is 6. The van der Waals surface area contributed by atoms with Gasteiger partial charge in [0.05, 0.1) is 5.92 Å². The zero-order valence-electron chi connectivity index (χ0n) is 13.3. The van der Waals surface area contributed by atoms with Crippen molar-refractivity contribution < 1.29 is 4.79 Å². The molecule has 0 aliphatic carbocycles. The second-order valence-corrected chi connectivity index (χ2v) is 5.90. The molecule has 1 aromatic carbocycles. The van der Waals surface area contributed by atoms with E-state index in [1.165, 1.54) is 0 Å². The third kappa shape index (κ3) is 4.79. The van der Waals surface area contributed by atoms with Crippen molar-refractivity contribution in [2.75, 3.05) is 16.9 Å². The average Bonchev–Trinajstić information content (AvgIpc) is 2.54. The van der Waals surface area contributed by atoms with E-state index < -0.39 is 5.92 Å². The molecule has 2 rings (SSSR count). The maximum atomic E-state index is 12.0. The molecule has 6 nitrogen and oxygen atoms in total. The molecule has 0 saturated heterocycles. The zero-order chi connectivity index (χ0) is 16.8. The molecule has 0 fully saturated rings. The van der Waals surface area contributed by atoms with Crippen LogP contribution in [0, 0.1) is 11.3 Å². The Hall–Kier alpha value is -2.41. The van der Waals surface area contributed by atoms with Crippen LogP contribution in [0.1, 0.15) is 13.8 Å². The van der Waals surface area contributed by atoms with Crippen molar-refractivity contribution in [3.05, 3.63) is 36.5 Å². The number of rotatable bonds is 6. The molecule has 0 spiro atoms. The summed E-state index contributed by atoms with van der Waals surface area (Å²) in [5.74, 6) is 0.0630. The molecular weight excluding hydrogens is 310 g/mol. The Morgan fingerprint density at radius 3 is 2.83 bits per heavy atom. The second-order valence-electron chi connectivity index (χ2n) is 5.02. The summed E-state index contributed by atoms with van der Waals surface area (Å²) in [4.78, 5) is 21.5. The summed E-state index contributed by atoms with van der Waals surface area (Å²) in [6.45, 7) is 3.29. The normalized spacial score (nSPS) is 11.6. The summed E-state index contributed by atoms with van der Waals surface area (Å²) in [6.07, 6.45) is 3.59. The fraction of sp³-hybridized carbons (Fsp3) is 0.250. The quantitative estimate of drug-likeness (QED) is 0.557. The summed E-state index contributed by atoms with van der Waals surface area (Å²) < 4.78 is 0. The number of nitrogens with zero attached hydrogens (tertiary/aromatic N) is 2. The zero-order valence-corrected chi connectivity index (χ0v) is 14.1. The lowest BCUT2D eigenvalue weighted by molar-refractivity contribution is -0.117. The monoisotopic (exact) mass is 329 g/mol. The Balaban J connectivity index is 2.10. The highest BCUT2D eigenvalue weighted by molar-refractivity contribution is 7.98. The maximum Gasteiger partial charge on any atom is 0.234 e. The maximum absolute atomic E-state index is 12.0. The molecule has 1 aromatic heterocycles. The van der Waals surface area contributed by atoms with Gasteiger partial charge in [-0.05, 0) is 44.4 Å². The number of benzene rings is 1. The first-order chi connectivity index (χ1) is 11.0. The van der Waals surface area contributed by atoms with E-state index in [4.69, 9.17) is 5.41 Å². The van der Waals surface area contributed by atoms with Gasteiger partial charge >= 0.3 is 0 Å². The third-order valence-electron chi connectivity index (χ3n) is 3.28. The molecule has 7 heteroatoms. The van der Waals surface area contributed by atoms with E-state index in [9.17, 15) is 4.79 Å². The van der Waals surface area contributed by atoms with Crippen LogP contribution in [-0.4, -0.2) is 27.8 Å². The summed E-state index contributed by atoms with van der Waals surface area (Å²) in [5.41, 5.74) is 1.19. The lowest BCUT2D eigenvalue weighted by Gasteiger charge is -2.11. The lowest BCUT2D eigenvalue weighted by atomic mass is 10.1. The van der Waals surface area contributed by atoms with Crippen molar-refractivity contribution in [3.8, 4) is 0 Å². The largest absolute Gasteiger partial charge is 0.324 e. The van der Waals surface area contributed by atoms with Crippen LogP contribution >= 0.6 is 11.8 Å². The number of carbonyl (C=O) groups excluding carboxylic acids is 1. The Bertz CT molecular complexity index is 719. The van der Waals surface area contributed by atoms with E-state index >= 15 is 0 Å². The third-order valence-corrected chi connectivity index (χ3v) is 4.00. The van der Waals surface area contributed by atoms with Gasteiger partial charge in [-0.25, -0.2) is 4.98 Å². The van der Waals surface area contributed by atoms with Crippen LogP contribution in [0.5, 0.6) is 0 Å². The number of aromatic nitrogens is 2. The van der Waals surface area contributed by atoms with Gasteiger partial charge < -0.3 is 16.0 Å². The number of nitrogens with one attached hydrogen (secondary N) is 3. The first-order valence-electron chi connectivity index (χ1n) is 7.09. The summed E-state index contributed by atoms with van der Waals surface area (Å²) >= 11 is 1.65. The van der Waals surface area contributed by atoms with Crippen LogP contribution in [0.2, 0.25) is 0 Å². The standard InChI is InChI=1S/C16H19N5OS/c1-10(11(2)17)15(22)20-14-7-8-18-16(21-14)19-12-5-4-6-13(9-12)23-3/h4-10,17H,1-3H3,(H2,18,19,20,21,22). The summed E-state index contributed by atoms with van der Waals surface area (Å²) in [5, 5.41) is 13.3. The van der Waals surface area contributed by atoms with Crippen molar-refractivity contribution in [2.24, 2.45) is 5.92 Å². The smallest absolute Gasteiger partial charge is 0.234 e. The van der Waals surface area contributed by atoms with Gasteiger partial charge in [0.25, 0.3) is 0 Å². The van der Waals surface area contributed by atoms with Crippen LogP contribution in [0.25, 0.3) is 0 Å². The number of hydrogen-bond donors (Lipinski definition) is 3. The van der Waals surface area contributed by atoms with Crippen LogP contribution in [0.3, 0.4) is 0 Å². The van der Waals surface area contributed by atoms with Gasteiger partial charge in [-0.1, -0.05) is 6.07 Å². The molecule has 2 aromatic rings. The van der Waals surface area contributed by atoms with E-state index in [-0.39, 0.29) is 5.91 Å². The predicted octanol–water partition coefficient (Wildman–Crippen LogP) is 3.56. The van der Waals surface area contributed by atoms with Crippen molar-refractivity contribution in [3.63, 3.8) is 0 Å². The van der Waals surface area contributed by atoms with Gasteiger partial charge in [-0.2, -0.15) is 4.98 Å². The molecule has 0 aliphatic heterocycles. The van der Waals surface area contributed by atoms with Crippen LogP contribution < -0.4 is 10.6 Å². The first-order valence-corrected chi connectivity index (χ1v) is 8.32. The molecule has 1 heterocycles. The minimum atomic E-state index is -0.486. The number of thioether (sulfide) groups is 1. The molecule has 0 saturated carbocycles. The van der Waals surface area contributed by atoms with Gasteiger partial charge in [0.2, 0.25) is 11.9 Å². The Labute approximate surface area is 139 Å². The second kappa shape index (κ2) is 7.73. The molecule has 1 amide bonds. The number of carbonyl (C=O) groups is 1. The lowest BCUT2D eigenvalue weighted by Crippen LogP contribution is -2.25. The van der Waals surface area contributed by atoms with Crippen LogP contribution in [-0.2, 0) is 4.79 Å². The van der Waals surface area contributed by atoms with Gasteiger partial charge in [0, 0.05) is 22.5 Å². The molecule has 1 atom stereocenters. The Kier molecular flexibility index (Phi) is 5.70. The summed E-state index contributed by atoms with van der Waals surface area (Å²) in [6, 6.07) is 9.52. The molecule has 120 valence electrons. The Morgan fingerprint density at radius 1 is 1.35 bits per heavy atom.